The molecular weight excluding hydrogens is 364 g/mol. The molecule has 0 radical (unpaired) electrons. The van der Waals surface area contributed by atoms with E-state index in [1.54, 1.807) is 0 Å². The molecule has 3 rings (SSSR count). The number of nitro benzene ring substituents is 1. The number of halogens is 1. The molecule has 1 saturated carbocycles. The van der Waals surface area contributed by atoms with Gasteiger partial charge in [-0.1, -0.05) is 12.8 Å². The van der Waals surface area contributed by atoms with Crippen molar-refractivity contribution in [2.45, 2.75) is 31.2 Å². The molecule has 0 atom stereocenters. The number of benzene rings is 1. The summed E-state index contributed by atoms with van der Waals surface area (Å²) in [4.78, 5) is 36.3. The van der Waals surface area contributed by atoms with Crippen molar-refractivity contribution in [3.8, 4) is 5.75 Å². The van der Waals surface area contributed by atoms with Gasteiger partial charge in [-0.3, -0.25) is 24.6 Å². The van der Waals surface area contributed by atoms with Gasteiger partial charge in [0.05, 0.1) is 16.1 Å². The number of amides is 2. The Morgan fingerprint density at radius 3 is 2.69 bits per heavy atom. The monoisotopic (exact) mass is 384 g/mol. The van der Waals surface area contributed by atoms with E-state index in [9.17, 15) is 19.7 Å². The van der Waals surface area contributed by atoms with Crippen LogP contribution >= 0.6 is 12.4 Å². The molecule has 0 aromatic heterocycles. The predicted octanol–water partition coefficient (Wildman–Crippen LogP) is 1.13. The minimum Gasteiger partial charge on any atom is -0.482 e. The first kappa shape index (κ1) is 19.9. The van der Waals surface area contributed by atoms with Gasteiger partial charge < -0.3 is 15.8 Å². The molecule has 0 unspecified atom stereocenters. The Kier molecular flexibility index (Phi) is 6.04. The fourth-order valence-corrected chi connectivity index (χ4v) is 3.39. The molecule has 1 aromatic carbocycles. The SMILES string of the molecule is Cl.NCC1(NC(=O)CN2C(=O)COc3ccc([N+](=O)[O-])cc32)CCCC1. The second-order valence-electron chi connectivity index (χ2n) is 6.42. The highest BCUT2D eigenvalue weighted by atomic mass is 35.5. The Labute approximate surface area is 156 Å². The average Bonchev–Trinajstić information content (AvgIpc) is 3.06. The summed E-state index contributed by atoms with van der Waals surface area (Å²) in [5.41, 5.74) is 5.46. The van der Waals surface area contributed by atoms with Crippen LogP contribution in [-0.2, 0) is 9.59 Å². The fourth-order valence-electron chi connectivity index (χ4n) is 3.39. The van der Waals surface area contributed by atoms with Crippen LogP contribution in [0.3, 0.4) is 0 Å². The highest BCUT2D eigenvalue weighted by molar-refractivity contribution is 6.02. The fraction of sp³-hybridized carbons (Fsp3) is 0.500. The van der Waals surface area contributed by atoms with Crippen LogP contribution in [0.2, 0.25) is 0 Å². The highest BCUT2D eigenvalue weighted by Gasteiger charge is 2.35. The van der Waals surface area contributed by atoms with Gasteiger partial charge in [0.2, 0.25) is 5.91 Å². The smallest absolute Gasteiger partial charge is 0.271 e. The van der Waals surface area contributed by atoms with Gasteiger partial charge in [-0.15, -0.1) is 12.4 Å². The first-order valence-corrected chi connectivity index (χ1v) is 8.17. The minimum atomic E-state index is -0.556. The maximum absolute atomic E-state index is 12.5. The zero-order valence-electron chi connectivity index (χ0n) is 14.1. The van der Waals surface area contributed by atoms with Crippen LogP contribution in [0.5, 0.6) is 5.75 Å². The van der Waals surface area contributed by atoms with Crippen molar-refractivity contribution in [1.29, 1.82) is 0 Å². The molecular formula is C16H21ClN4O5. The number of hydrogen-bond acceptors (Lipinski definition) is 6. The van der Waals surface area contributed by atoms with Crippen molar-refractivity contribution >= 4 is 35.6 Å². The number of nitrogens with two attached hydrogens (primary N) is 1. The van der Waals surface area contributed by atoms with E-state index in [2.05, 4.69) is 5.32 Å². The molecule has 0 bridgehead atoms. The summed E-state index contributed by atoms with van der Waals surface area (Å²) in [6, 6.07) is 3.98. The number of fused-ring (bicyclic) bond motifs is 1. The predicted molar refractivity (Wildman–Crippen MR) is 96.6 cm³/mol. The van der Waals surface area contributed by atoms with Gasteiger partial charge in [0.15, 0.2) is 6.61 Å². The zero-order valence-corrected chi connectivity index (χ0v) is 14.9. The maximum Gasteiger partial charge on any atom is 0.271 e. The number of rotatable bonds is 5. The molecule has 1 aromatic rings. The minimum absolute atomic E-state index is 0. The van der Waals surface area contributed by atoms with Crippen molar-refractivity contribution in [3.05, 3.63) is 28.3 Å². The second-order valence-corrected chi connectivity index (χ2v) is 6.42. The molecule has 1 fully saturated rings. The molecule has 9 nitrogen and oxygen atoms in total. The summed E-state index contributed by atoms with van der Waals surface area (Å²) in [7, 11) is 0. The first-order valence-electron chi connectivity index (χ1n) is 8.17. The number of nitrogens with zero attached hydrogens (tertiary/aromatic N) is 2. The molecule has 26 heavy (non-hydrogen) atoms. The van der Waals surface area contributed by atoms with E-state index in [4.69, 9.17) is 10.5 Å². The average molecular weight is 385 g/mol. The number of nitrogens with one attached hydrogen (secondary N) is 1. The normalized spacial score (nSPS) is 17.7. The van der Waals surface area contributed by atoms with Gasteiger partial charge in [0.25, 0.3) is 11.6 Å². The van der Waals surface area contributed by atoms with Gasteiger partial charge in [0, 0.05) is 18.7 Å². The lowest BCUT2D eigenvalue weighted by atomic mass is 9.98. The van der Waals surface area contributed by atoms with Crippen LogP contribution < -0.4 is 20.7 Å². The van der Waals surface area contributed by atoms with Crippen molar-refractivity contribution in [3.63, 3.8) is 0 Å². The summed E-state index contributed by atoms with van der Waals surface area (Å²) in [6.07, 6.45) is 3.63. The van der Waals surface area contributed by atoms with Crippen LogP contribution in [0.15, 0.2) is 18.2 Å². The van der Waals surface area contributed by atoms with E-state index in [1.807, 2.05) is 0 Å². The van der Waals surface area contributed by atoms with Gasteiger partial charge in [0.1, 0.15) is 12.3 Å². The van der Waals surface area contributed by atoms with E-state index >= 15 is 0 Å². The third-order valence-corrected chi connectivity index (χ3v) is 4.75. The summed E-state index contributed by atoms with van der Waals surface area (Å²) in [6.45, 7) is -0.0872. The topological polar surface area (TPSA) is 128 Å². The number of carbonyl (C=O) groups is 2. The van der Waals surface area contributed by atoms with Crippen molar-refractivity contribution < 1.29 is 19.2 Å². The number of hydrogen-bond donors (Lipinski definition) is 2. The van der Waals surface area contributed by atoms with E-state index in [0.717, 1.165) is 25.7 Å². The van der Waals surface area contributed by atoms with Gasteiger partial charge >= 0.3 is 0 Å². The Hall–Kier alpha value is -2.39. The maximum atomic E-state index is 12.5. The third kappa shape index (κ3) is 3.88. The standard InChI is InChI=1S/C16H20N4O5.ClH/c17-10-16(5-1-2-6-16)18-14(21)8-19-12-7-11(20(23)24)3-4-13(12)25-9-15(19)22;/h3-4,7H,1-2,5-6,8-10,17H2,(H,18,21);1H. The number of carbonyl (C=O) groups excluding carboxylic acids is 2. The highest BCUT2D eigenvalue weighted by Crippen LogP contribution is 2.35. The summed E-state index contributed by atoms with van der Waals surface area (Å²) >= 11 is 0. The molecule has 1 aliphatic heterocycles. The molecule has 0 spiro atoms. The van der Waals surface area contributed by atoms with Crippen molar-refractivity contribution in [2.24, 2.45) is 5.73 Å². The molecule has 142 valence electrons. The Balaban J connectivity index is 0.00000243. The van der Waals surface area contributed by atoms with Crippen LogP contribution in [0, 0.1) is 10.1 Å². The third-order valence-electron chi connectivity index (χ3n) is 4.75. The zero-order chi connectivity index (χ0) is 18.0. The molecule has 2 amide bonds. The van der Waals surface area contributed by atoms with Crippen molar-refractivity contribution in [1.82, 2.24) is 5.32 Å². The lowest BCUT2D eigenvalue weighted by molar-refractivity contribution is -0.384. The lowest BCUT2D eigenvalue weighted by Crippen LogP contribution is -2.55. The molecule has 1 heterocycles. The number of ether oxygens (including phenoxy) is 1. The summed E-state index contributed by atoms with van der Waals surface area (Å²) in [5.74, 6) is -0.413. The van der Waals surface area contributed by atoms with Gasteiger partial charge in [-0.2, -0.15) is 0 Å². The van der Waals surface area contributed by atoms with E-state index in [-0.39, 0.29) is 42.8 Å². The van der Waals surface area contributed by atoms with Gasteiger partial charge in [-0.25, -0.2) is 0 Å². The summed E-state index contributed by atoms with van der Waals surface area (Å²) < 4.78 is 5.29. The second kappa shape index (κ2) is 7.88. The van der Waals surface area contributed by atoms with E-state index in [1.165, 1.54) is 23.1 Å². The van der Waals surface area contributed by atoms with Gasteiger partial charge in [-0.05, 0) is 18.9 Å². The number of anilines is 1. The van der Waals surface area contributed by atoms with Crippen LogP contribution in [-0.4, -0.2) is 42.0 Å². The molecule has 1 aliphatic carbocycles. The first-order chi connectivity index (χ1) is 11.9. The number of non-ortho nitro benzene ring substituents is 1. The van der Waals surface area contributed by atoms with Crippen molar-refractivity contribution in [2.75, 3.05) is 24.6 Å². The Morgan fingerprint density at radius 2 is 2.08 bits per heavy atom. The summed E-state index contributed by atoms with van der Waals surface area (Å²) in [5, 5.41) is 13.9. The van der Waals surface area contributed by atoms with E-state index in [0.29, 0.717) is 12.3 Å². The largest absolute Gasteiger partial charge is 0.482 e. The van der Waals surface area contributed by atoms with E-state index < -0.39 is 16.4 Å². The lowest BCUT2D eigenvalue weighted by Gasteiger charge is -2.32. The molecule has 3 N–H and O–H groups in total. The Bertz CT molecular complexity index is 721. The quantitative estimate of drug-likeness (QED) is 0.578. The van der Waals surface area contributed by atoms with Crippen LogP contribution in [0.1, 0.15) is 25.7 Å². The molecule has 2 aliphatic rings. The van der Waals surface area contributed by atoms with Crippen LogP contribution in [0.25, 0.3) is 0 Å². The van der Waals surface area contributed by atoms with Crippen LogP contribution in [0.4, 0.5) is 11.4 Å². The molecule has 0 saturated heterocycles. The molecule has 10 heteroatoms. The Morgan fingerprint density at radius 1 is 1.38 bits per heavy atom. The number of nitro groups is 1.